The second kappa shape index (κ2) is 7.02. The van der Waals surface area contributed by atoms with Crippen LogP contribution < -0.4 is 5.32 Å². The van der Waals surface area contributed by atoms with Crippen molar-refractivity contribution in [3.63, 3.8) is 0 Å². The van der Waals surface area contributed by atoms with E-state index in [4.69, 9.17) is 0 Å². The quantitative estimate of drug-likeness (QED) is 0.776. The maximum Gasteiger partial charge on any atom is 0.243 e. The third kappa shape index (κ3) is 3.39. The molecule has 0 aromatic carbocycles. The van der Waals surface area contributed by atoms with Crippen molar-refractivity contribution in [1.29, 1.82) is 0 Å². The third-order valence-corrected chi connectivity index (χ3v) is 7.89. The first kappa shape index (κ1) is 17.5. The van der Waals surface area contributed by atoms with Gasteiger partial charge in [-0.05, 0) is 99.2 Å². The van der Waals surface area contributed by atoms with Gasteiger partial charge in [0, 0.05) is 18.4 Å². The van der Waals surface area contributed by atoms with E-state index in [2.05, 4.69) is 23.1 Å². The number of amides is 1. The van der Waals surface area contributed by atoms with Crippen LogP contribution in [-0.4, -0.2) is 28.5 Å². The highest BCUT2D eigenvalue weighted by atomic mass is 32.2. The molecule has 2 atom stereocenters. The molecule has 25 heavy (non-hydrogen) atoms. The molecule has 138 valence electrons. The summed E-state index contributed by atoms with van der Waals surface area (Å²) >= 11 is 1.82. The van der Waals surface area contributed by atoms with Gasteiger partial charge in [0.15, 0.2) is 0 Å². The number of hydrogen-bond donors (Lipinski definition) is 1. The number of aromatic nitrogens is 1. The Morgan fingerprint density at radius 1 is 1.16 bits per heavy atom. The minimum Gasteiger partial charge on any atom is -0.351 e. The molecule has 0 aliphatic heterocycles. The molecular weight excluding hydrogens is 328 g/mol. The average Bonchev–Trinajstić information content (AvgIpc) is 3.08. The topological polar surface area (TPSA) is 34.0 Å². The van der Waals surface area contributed by atoms with Crippen molar-refractivity contribution in [3.8, 4) is 0 Å². The highest BCUT2D eigenvalue weighted by Gasteiger charge is 2.53. The molecule has 4 heteroatoms. The summed E-state index contributed by atoms with van der Waals surface area (Å²) in [5.74, 6) is 4.03. The molecule has 4 aliphatic carbocycles. The lowest BCUT2D eigenvalue weighted by Crippen LogP contribution is -2.56. The lowest BCUT2D eigenvalue weighted by molar-refractivity contribution is -0.129. The Kier molecular flexibility index (Phi) is 4.91. The third-order valence-electron chi connectivity index (χ3n) is 7.25. The number of carbonyl (C=O) groups excluding carboxylic acids is 1. The zero-order valence-electron chi connectivity index (χ0n) is 15.6. The summed E-state index contributed by atoms with van der Waals surface area (Å²) in [5, 5.41) is 3.47. The molecule has 0 radical (unpaired) electrons. The summed E-state index contributed by atoms with van der Waals surface area (Å²) in [6.45, 7) is 2.28. The number of nitrogens with zero attached hydrogens (tertiary/aromatic N) is 1. The van der Waals surface area contributed by atoms with Gasteiger partial charge >= 0.3 is 0 Å². The normalized spacial score (nSPS) is 35.5. The van der Waals surface area contributed by atoms with E-state index in [1.54, 1.807) is 0 Å². The van der Waals surface area contributed by atoms with Crippen molar-refractivity contribution in [2.75, 3.05) is 12.0 Å². The Labute approximate surface area is 156 Å². The van der Waals surface area contributed by atoms with E-state index in [-0.39, 0.29) is 11.9 Å². The van der Waals surface area contributed by atoms with Gasteiger partial charge in [0.1, 0.15) is 6.04 Å². The van der Waals surface area contributed by atoms with Crippen LogP contribution in [0.25, 0.3) is 0 Å². The monoisotopic (exact) mass is 360 g/mol. The molecule has 4 fully saturated rings. The minimum absolute atomic E-state index is 0.0705. The van der Waals surface area contributed by atoms with Gasteiger partial charge in [0.05, 0.1) is 0 Å². The van der Waals surface area contributed by atoms with Crippen molar-refractivity contribution < 1.29 is 4.79 Å². The van der Waals surface area contributed by atoms with E-state index in [0.29, 0.717) is 11.5 Å². The maximum absolute atomic E-state index is 13.1. The summed E-state index contributed by atoms with van der Waals surface area (Å²) in [6.07, 6.45) is 15.5. The Balaban J connectivity index is 1.46. The summed E-state index contributed by atoms with van der Waals surface area (Å²) < 4.78 is 2.08. The molecule has 1 heterocycles. The van der Waals surface area contributed by atoms with Crippen LogP contribution >= 0.6 is 11.8 Å². The van der Waals surface area contributed by atoms with Gasteiger partial charge in [-0.15, -0.1) is 0 Å². The number of thioether (sulfide) groups is 1. The number of rotatable bonds is 7. The number of carbonyl (C=O) groups is 1. The van der Waals surface area contributed by atoms with E-state index in [0.717, 1.165) is 29.9 Å². The standard InChI is InChI=1S/C21H32N2OS/c1-15(21-12-16-9-17(13-21)11-18(10-16)14-21)22-20(24)19(5-8-25-2)23-6-3-4-7-23/h3-4,6-7,15-19H,5,8-14H2,1-2H3,(H,22,24)/t15?,16?,17?,18?,19-,21?/m1/s1. The molecule has 1 aromatic rings. The second-order valence-corrected chi connectivity index (χ2v) is 9.92. The molecule has 1 N–H and O–H groups in total. The van der Waals surface area contributed by atoms with E-state index in [1.165, 1.54) is 38.5 Å². The fraction of sp³-hybridized carbons (Fsp3) is 0.762. The minimum atomic E-state index is -0.0705. The van der Waals surface area contributed by atoms with Crippen LogP contribution in [0.5, 0.6) is 0 Å². The van der Waals surface area contributed by atoms with Gasteiger partial charge < -0.3 is 9.88 Å². The van der Waals surface area contributed by atoms with E-state index in [9.17, 15) is 4.79 Å². The number of hydrogen-bond acceptors (Lipinski definition) is 2. The molecular formula is C21H32N2OS. The van der Waals surface area contributed by atoms with Crippen molar-refractivity contribution in [1.82, 2.24) is 9.88 Å². The molecule has 0 spiro atoms. The van der Waals surface area contributed by atoms with Crippen LogP contribution in [0.15, 0.2) is 24.5 Å². The van der Waals surface area contributed by atoms with Crippen molar-refractivity contribution in [3.05, 3.63) is 24.5 Å². The molecule has 5 rings (SSSR count). The van der Waals surface area contributed by atoms with Crippen LogP contribution in [-0.2, 0) is 4.79 Å². The highest BCUT2D eigenvalue weighted by Crippen LogP contribution is 2.61. The van der Waals surface area contributed by atoms with E-state index < -0.39 is 0 Å². The van der Waals surface area contributed by atoms with Gasteiger partial charge in [-0.2, -0.15) is 11.8 Å². The average molecular weight is 361 g/mol. The molecule has 3 nitrogen and oxygen atoms in total. The lowest BCUT2D eigenvalue weighted by atomic mass is 9.48. The molecule has 0 saturated heterocycles. The van der Waals surface area contributed by atoms with Crippen LogP contribution in [0.1, 0.15) is 57.9 Å². The fourth-order valence-electron chi connectivity index (χ4n) is 6.37. The van der Waals surface area contributed by atoms with Gasteiger partial charge in [-0.1, -0.05) is 0 Å². The lowest BCUT2D eigenvalue weighted by Gasteiger charge is -2.59. The van der Waals surface area contributed by atoms with Crippen molar-refractivity contribution >= 4 is 17.7 Å². The Hall–Kier alpha value is -0.900. The maximum atomic E-state index is 13.1. The first-order valence-corrected chi connectivity index (χ1v) is 11.4. The Bertz CT molecular complexity index is 562. The predicted molar refractivity (Wildman–Crippen MR) is 105 cm³/mol. The van der Waals surface area contributed by atoms with Gasteiger partial charge in [0.25, 0.3) is 0 Å². The van der Waals surface area contributed by atoms with Gasteiger partial charge in [-0.25, -0.2) is 0 Å². The first-order chi connectivity index (χ1) is 12.1. The molecule has 1 amide bonds. The van der Waals surface area contributed by atoms with Gasteiger partial charge in [0.2, 0.25) is 5.91 Å². The van der Waals surface area contributed by atoms with Crippen molar-refractivity contribution in [2.24, 2.45) is 23.2 Å². The zero-order valence-corrected chi connectivity index (χ0v) is 16.4. The summed E-state index contributed by atoms with van der Waals surface area (Å²) in [7, 11) is 0. The summed E-state index contributed by atoms with van der Waals surface area (Å²) in [4.78, 5) is 13.1. The fourth-order valence-corrected chi connectivity index (χ4v) is 6.83. The van der Waals surface area contributed by atoms with E-state index in [1.807, 2.05) is 36.3 Å². The van der Waals surface area contributed by atoms with Crippen LogP contribution in [0.2, 0.25) is 0 Å². The molecule has 4 aliphatic rings. The Morgan fingerprint density at radius 2 is 1.72 bits per heavy atom. The first-order valence-electron chi connectivity index (χ1n) is 10.0. The largest absolute Gasteiger partial charge is 0.351 e. The van der Waals surface area contributed by atoms with Crippen LogP contribution in [0.3, 0.4) is 0 Å². The molecule has 4 saturated carbocycles. The summed E-state index contributed by atoms with van der Waals surface area (Å²) in [5.41, 5.74) is 0.380. The van der Waals surface area contributed by atoms with Crippen LogP contribution in [0.4, 0.5) is 0 Å². The molecule has 1 unspecified atom stereocenters. The second-order valence-electron chi connectivity index (χ2n) is 8.94. The molecule has 4 bridgehead atoms. The Morgan fingerprint density at radius 3 is 2.24 bits per heavy atom. The van der Waals surface area contributed by atoms with Crippen molar-refractivity contribution in [2.45, 2.75) is 64.0 Å². The molecule has 1 aromatic heterocycles. The smallest absolute Gasteiger partial charge is 0.243 e. The highest BCUT2D eigenvalue weighted by molar-refractivity contribution is 7.98. The van der Waals surface area contributed by atoms with E-state index >= 15 is 0 Å². The SMILES string of the molecule is CSCC[C@H](C(=O)NC(C)C12CC3CC(CC(C3)C1)C2)n1cccc1. The zero-order chi connectivity index (χ0) is 17.4. The predicted octanol–water partition coefficient (Wildman–Crippen LogP) is 4.50. The number of nitrogens with one attached hydrogen (secondary N) is 1. The summed E-state index contributed by atoms with van der Waals surface area (Å²) in [6, 6.07) is 4.27. The van der Waals surface area contributed by atoms with Crippen LogP contribution in [0, 0.1) is 23.2 Å². The van der Waals surface area contributed by atoms with Gasteiger partial charge in [-0.3, -0.25) is 4.79 Å².